The summed E-state index contributed by atoms with van der Waals surface area (Å²) >= 11 is 0. The van der Waals surface area contributed by atoms with Crippen LogP contribution in [0, 0.1) is 22.5 Å². The fourth-order valence-electron chi connectivity index (χ4n) is 2.25. The number of nitrogens with zero attached hydrogens (tertiary/aromatic N) is 2. The average molecular weight is 388 g/mol. The number of carbonyl (C=O) groups is 1. The van der Waals surface area contributed by atoms with Crippen LogP contribution in [0.5, 0.6) is 0 Å². The standard InChI is InChI=1S/C18H16N2O6S/c1-3-14(2)19(18(21)26-13-15-9-5-4-6-10-15)27(24,25)17-12-8-7-11-16(17)20(22)23/h1,4-12,14H,13H2,2H3/t14-/m1/s1. The van der Waals surface area contributed by atoms with E-state index in [1.165, 1.54) is 19.1 Å². The van der Waals surface area contributed by atoms with Crippen molar-refractivity contribution in [2.45, 2.75) is 24.5 Å². The molecule has 0 radical (unpaired) electrons. The Labute approximate surface area is 156 Å². The van der Waals surface area contributed by atoms with Crippen LogP contribution in [0.15, 0.2) is 59.5 Å². The number of sulfonamides is 1. The van der Waals surface area contributed by atoms with E-state index in [1.54, 1.807) is 30.3 Å². The van der Waals surface area contributed by atoms with Crippen molar-refractivity contribution in [1.82, 2.24) is 4.31 Å². The van der Waals surface area contributed by atoms with Gasteiger partial charge in [0.2, 0.25) is 0 Å². The summed E-state index contributed by atoms with van der Waals surface area (Å²) in [6.45, 7) is 1.12. The topological polar surface area (TPSA) is 107 Å². The average Bonchev–Trinajstić information content (AvgIpc) is 2.67. The van der Waals surface area contributed by atoms with Gasteiger partial charge in [-0.2, -0.15) is 4.31 Å². The normalized spacial score (nSPS) is 11.9. The Kier molecular flexibility index (Phi) is 6.15. The molecule has 0 bridgehead atoms. The predicted octanol–water partition coefficient (Wildman–Crippen LogP) is 2.94. The quantitative estimate of drug-likeness (QED) is 0.428. The number of amides is 1. The van der Waals surface area contributed by atoms with E-state index in [1.807, 2.05) is 0 Å². The number of para-hydroxylation sites is 1. The first-order valence-corrected chi connectivity index (χ1v) is 9.17. The van der Waals surface area contributed by atoms with Crippen molar-refractivity contribution in [3.05, 3.63) is 70.3 Å². The molecule has 0 unspecified atom stereocenters. The zero-order chi connectivity index (χ0) is 20.0. The minimum atomic E-state index is -4.62. The monoisotopic (exact) mass is 388 g/mol. The van der Waals surface area contributed by atoms with Gasteiger partial charge in [-0.25, -0.2) is 13.2 Å². The molecule has 8 nitrogen and oxygen atoms in total. The van der Waals surface area contributed by atoms with E-state index in [-0.39, 0.29) is 6.61 Å². The first kappa shape index (κ1) is 19.9. The van der Waals surface area contributed by atoms with Gasteiger partial charge < -0.3 is 4.74 Å². The van der Waals surface area contributed by atoms with Crippen molar-refractivity contribution in [3.8, 4) is 12.3 Å². The van der Waals surface area contributed by atoms with Crippen molar-refractivity contribution >= 4 is 21.8 Å². The summed E-state index contributed by atoms with van der Waals surface area (Å²) in [7, 11) is -4.62. The third-order valence-electron chi connectivity index (χ3n) is 3.58. The second-order valence-corrected chi connectivity index (χ2v) is 7.19. The Hall–Kier alpha value is -3.38. The lowest BCUT2D eigenvalue weighted by molar-refractivity contribution is -0.387. The molecular weight excluding hydrogens is 372 g/mol. The lowest BCUT2D eigenvalue weighted by Gasteiger charge is -2.24. The van der Waals surface area contributed by atoms with E-state index in [9.17, 15) is 23.3 Å². The number of terminal acetylenes is 1. The first-order chi connectivity index (χ1) is 12.8. The highest BCUT2D eigenvalue weighted by Gasteiger charge is 2.38. The molecule has 0 aliphatic carbocycles. The molecule has 9 heteroatoms. The molecule has 27 heavy (non-hydrogen) atoms. The zero-order valence-electron chi connectivity index (χ0n) is 14.3. The van der Waals surface area contributed by atoms with Crippen LogP contribution >= 0.6 is 0 Å². The van der Waals surface area contributed by atoms with Gasteiger partial charge >= 0.3 is 6.09 Å². The fraction of sp³-hybridized carbons (Fsp3) is 0.167. The lowest BCUT2D eigenvalue weighted by atomic mass is 10.2. The van der Waals surface area contributed by atoms with Gasteiger partial charge in [0.15, 0.2) is 4.90 Å². The number of benzene rings is 2. The molecule has 2 aromatic rings. The maximum atomic E-state index is 12.9. The maximum Gasteiger partial charge on any atom is 0.425 e. The smallest absolute Gasteiger partial charge is 0.425 e. The highest BCUT2D eigenvalue weighted by Crippen LogP contribution is 2.28. The van der Waals surface area contributed by atoms with Gasteiger partial charge in [0.25, 0.3) is 15.7 Å². The molecule has 0 saturated heterocycles. The van der Waals surface area contributed by atoms with E-state index < -0.39 is 37.7 Å². The predicted molar refractivity (Wildman–Crippen MR) is 97.0 cm³/mol. The molecule has 0 spiro atoms. The molecule has 0 aromatic heterocycles. The van der Waals surface area contributed by atoms with Crippen LogP contribution in [0.3, 0.4) is 0 Å². The van der Waals surface area contributed by atoms with Crippen molar-refractivity contribution < 1.29 is 22.9 Å². The van der Waals surface area contributed by atoms with Gasteiger partial charge in [-0.3, -0.25) is 10.1 Å². The second-order valence-electron chi connectivity index (χ2n) is 5.41. The van der Waals surface area contributed by atoms with Gasteiger partial charge in [0.1, 0.15) is 12.6 Å². The third-order valence-corrected chi connectivity index (χ3v) is 5.46. The van der Waals surface area contributed by atoms with Crippen molar-refractivity contribution in [3.63, 3.8) is 0 Å². The Morgan fingerprint density at radius 1 is 1.22 bits per heavy atom. The molecule has 0 aliphatic rings. The van der Waals surface area contributed by atoms with Crippen LogP contribution in [0.25, 0.3) is 0 Å². The Bertz CT molecular complexity index is 982. The number of hydrogen-bond acceptors (Lipinski definition) is 6. The van der Waals surface area contributed by atoms with E-state index in [4.69, 9.17) is 11.2 Å². The molecule has 0 saturated carbocycles. The molecule has 2 aromatic carbocycles. The van der Waals surface area contributed by atoms with Gasteiger partial charge in [0, 0.05) is 6.07 Å². The SMILES string of the molecule is C#C[C@@H](C)N(C(=O)OCc1ccccc1)S(=O)(=O)c1ccccc1[N+](=O)[O-]. The molecule has 0 N–H and O–H groups in total. The number of hydrogen-bond donors (Lipinski definition) is 0. The van der Waals surface area contributed by atoms with Gasteiger partial charge in [-0.05, 0) is 18.6 Å². The molecule has 0 fully saturated rings. The van der Waals surface area contributed by atoms with Crippen LogP contribution < -0.4 is 0 Å². The Balaban J connectivity index is 2.39. The van der Waals surface area contributed by atoms with E-state index in [2.05, 4.69) is 5.92 Å². The van der Waals surface area contributed by atoms with Crippen LogP contribution in [0.2, 0.25) is 0 Å². The molecule has 0 aliphatic heterocycles. The minimum Gasteiger partial charge on any atom is -0.444 e. The van der Waals surface area contributed by atoms with Crippen LogP contribution in [-0.2, 0) is 21.4 Å². The van der Waals surface area contributed by atoms with Crippen molar-refractivity contribution in [2.75, 3.05) is 0 Å². The summed E-state index contributed by atoms with van der Waals surface area (Å²) in [5.41, 5.74) is -0.0233. The highest BCUT2D eigenvalue weighted by atomic mass is 32.2. The number of nitro groups is 1. The summed E-state index contributed by atoms with van der Waals surface area (Å²) in [6.07, 6.45) is 4.07. The molecular formula is C18H16N2O6S. The second kappa shape index (κ2) is 8.33. The summed E-state index contributed by atoms with van der Waals surface area (Å²) in [5, 5.41) is 11.2. The fourth-order valence-corrected chi connectivity index (χ4v) is 3.84. The minimum absolute atomic E-state index is 0.181. The lowest BCUT2D eigenvalue weighted by Crippen LogP contribution is -2.43. The van der Waals surface area contributed by atoms with E-state index >= 15 is 0 Å². The zero-order valence-corrected chi connectivity index (χ0v) is 15.1. The maximum absolute atomic E-state index is 12.9. The number of ether oxygens (including phenoxy) is 1. The summed E-state index contributed by atoms with van der Waals surface area (Å²) < 4.78 is 31.3. The van der Waals surface area contributed by atoms with Crippen LogP contribution in [0.4, 0.5) is 10.5 Å². The molecule has 140 valence electrons. The van der Waals surface area contributed by atoms with Gasteiger partial charge in [-0.15, -0.1) is 6.42 Å². The van der Waals surface area contributed by atoms with Gasteiger partial charge in [-0.1, -0.05) is 48.4 Å². The highest BCUT2D eigenvalue weighted by molar-refractivity contribution is 7.89. The van der Waals surface area contributed by atoms with Crippen LogP contribution in [-0.4, -0.2) is 29.8 Å². The van der Waals surface area contributed by atoms with Gasteiger partial charge in [0.05, 0.1) is 4.92 Å². The van der Waals surface area contributed by atoms with Crippen molar-refractivity contribution in [1.29, 1.82) is 0 Å². The van der Waals surface area contributed by atoms with E-state index in [0.29, 0.717) is 9.87 Å². The van der Waals surface area contributed by atoms with Crippen molar-refractivity contribution in [2.24, 2.45) is 0 Å². The molecule has 1 amide bonds. The summed E-state index contributed by atoms with van der Waals surface area (Å²) in [4.78, 5) is 22.2. The Morgan fingerprint density at radius 3 is 2.41 bits per heavy atom. The van der Waals surface area contributed by atoms with E-state index in [0.717, 1.165) is 12.1 Å². The first-order valence-electron chi connectivity index (χ1n) is 7.73. The largest absolute Gasteiger partial charge is 0.444 e. The summed E-state index contributed by atoms with van der Waals surface area (Å²) in [6, 6.07) is 12.1. The Morgan fingerprint density at radius 2 is 1.81 bits per heavy atom. The third kappa shape index (κ3) is 4.43. The number of nitro benzene ring substituents is 1. The van der Waals surface area contributed by atoms with Crippen LogP contribution in [0.1, 0.15) is 12.5 Å². The number of rotatable bonds is 6. The molecule has 2 rings (SSSR count). The molecule has 1 atom stereocenters. The number of carbonyl (C=O) groups excluding carboxylic acids is 1. The molecule has 0 heterocycles. The summed E-state index contributed by atoms with van der Waals surface area (Å²) in [5.74, 6) is 2.14.